The molecule has 0 aromatic heterocycles. The van der Waals surface area contributed by atoms with Gasteiger partial charge in [0.25, 0.3) is 11.8 Å². The van der Waals surface area contributed by atoms with Gasteiger partial charge in [-0.15, -0.1) is 0 Å². The van der Waals surface area contributed by atoms with Crippen molar-refractivity contribution >= 4 is 29.1 Å². The summed E-state index contributed by atoms with van der Waals surface area (Å²) in [7, 11) is 0. The lowest BCUT2D eigenvalue weighted by molar-refractivity contribution is -0.123. The minimum Gasteiger partial charge on any atom is -0.494 e. The molecule has 8 heteroatoms. The average Bonchev–Trinajstić information content (AvgIpc) is 2.90. The van der Waals surface area contributed by atoms with Gasteiger partial charge in [0, 0.05) is 5.56 Å². The maximum atomic E-state index is 12.3. The third-order valence-corrected chi connectivity index (χ3v) is 5.21. The van der Waals surface area contributed by atoms with Gasteiger partial charge >= 0.3 is 0 Å². The van der Waals surface area contributed by atoms with Crippen molar-refractivity contribution in [1.82, 2.24) is 16.2 Å². The summed E-state index contributed by atoms with van der Waals surface area (Å²) in [5, 5.41) is 2.48. The summed E-state index contributed by atoms with van der Waals surface area (Å²) in [5.41, 5.74) is 7.47. The van der Waals surface area contributed by atoms with Crippen LogP contribution in [0.3, 0.4) is 0 Å². The summed E-state index contributed by atoms with van der Waals surface area (Å²) >= 11 is 5.07. The van der Waals surface area contributed by atoms with Crippen molar-refractivity contribution in [3.63, 3.8) is 0 Å². The number of amides is 2. The number of hydrogen-bond donors (Lipinski definition) is 3. The highest BCUT2D eigenvalue weighted by molar-refractivity contribution is 7.80. The molecule has 0 heterocycles. The number of rotatable bonds is 10. The molecular formula is C27H29N3O4S. The second-order valence-electron chi connectivity index (χ2n) is 7.72. The molecule has 0 bridgehead atoms. The van der Waals surface area contributed by atoms with Crippen LogP contribution in [0, 0.1) is 0 Å². The van der Waals surface area contributed by atoms with Crippen LogP contribution in [0.15, 0.2) is 78.9 Å². The SMILES string of the molecule is CCCCCOc1ccc(C(=O)NC(=S)NNC(=O)COc2ccc(-c3ccccc3)cc2)cc1. The Hall–Kier alpha value is -3.91. The van der Waals surface area contributed by atoms with Crippen molar-refractivity contribution in [3.8, 4) is 22.6 Å². The van der Waals surface area contributed by atoms with E-state index in [1.54, 1.807) is 36.4 Å². The molecule has 0 unspecified atom stereocenters. The van der Waals surface area contributed by atoms with Crippen LogP contribution in [-0.4, -0.2) is 30.1 Å². The second kappa shape index (κ2) is 13.7. The fourth-order valence-electron chi connectivity index (χ4n) is 3.14. The van der Waals surface area contributed by atoms with E-state index in [2.05, 4.69) is 23.1 Å². The number of hydrogen-bond acceptors (Lipinski definition) is 5. The van der Waals surface area contributed by atoms with E-state index in [0.717, 1.165) is 30.4 Å². The molecule has 3 rings (SSSR count). The Bertz CT molecular complexity index is 1100. The summed E-state index contributed by atoms with van der Waals surface area (Å²) in [5.74, 6) is 0.427. The maximum Gasteiger partial charge on any atom is 0.276 e. The lowest BCUT2D eigenvalue weighted by atomic mass is 10.1. The van der Waals surface area contributed by atoms with Crippen molar-refractivity contribution in [2.75, 3.05) is 13.2 Å². The Kier molecular flexibility index (Phi) is 10.1. The molecule has 0 atom stereocenters. The summed E-state index contributed by atoms with van der Waals surface area (Å²) in [4.78, 5) is 24.4. The van der Waals surface area contributed by atoms with Gasteiger partial charge in [-0.1, -0.05) is 62.2 Å². The van der Waals surface area contributed by atoms with Crippen molar-refractivity contribution in [1.29, 1.82) is 0 Å². The Labute approximate surface area is 210 Å². The molecular weight excluding hydrogens is 462 g/mol. The molecule has 2 amide bonds. The van der Waals surface area contributed by atoms with Gasteiger partial charge in [-0.25, -0.2) is 0 Å². The first kappa shape index (κ1) is 25.7. The zero-order valence-electron chi connectivity index (χ0n) is 19.6. The highest BCUT2D eigenvalue weighted by Crippen LogP contribution is 2.22. The van der Waals surface area contributed by atoms with E-state index in [-0.39, 0.29) is 11.7 Å². The number of unbranched alkanes of at least 4 members (excludes halogenated alkanes) is 2. The van der Waals surface area contributed by atoms with Gasteiger partial charge in [-0.2, -0.15) is 0 Å². The van der Waals surface area contributed by atoms with Gasteiger partial charge in [0.2, 0.25) is 0 Å². The van der Waals surface area contributed by atoms with Crippen molar-refractivity contribution in [2.45, 2.75) is 26.2 Å². The Morgan fingerprint density at radius 3 is 2.09 bits per heavy atom. The van der Waals surface area contributed by atoms with E-state index in [1.807, 2.05) is 42.5 Å². The third-order valence-electron chi connectivity index (χ3n) is 5.01. The average molecular weight is 492 g/mol. The van der Waals surface area contributed by atoms with Gasteiger partial charge in [0.15, 0.2) is 11.7 Å². The highest BCUT2D eigenvalue weighted by Gasteiger charge is 2.09. The molecule has 0 radical (unpaired) electrons. The molecule has 0 aliphatic carbocycles. The van der Waals surface area contributed by atoms with Crippen LogP contribution < -0.4 is 25.6 Å². The van der Waals surface area contributed by atoms with E-state index in [1.165, 1.54) is 0 Å². The predicted octanol–water partition coefficient (Wildman–Crippen LogP) is 4.64. The van der Waals surface area contributed by atoms with E-state index < -0.39 is 11.8 Å². The molecule has 0 fully saturated rings. The van der Waals surface area contributed by atoms with E-state index in [0.29, 0.717) is 23.7 Å². The third kappa shape index (κ3) is 8.75. The zero-order valence-corrected chi connectivity index (χ0v) is 20.4. The molecule has 3 N–H and O–H groups in total. The number of nitrogens with one attached hydrogen (secondary N) is 3. The zero-order chi connectivity index (χ0) is 24.9. The molecule has 0 saturated carbocycles. The van der Waals surface area contributed by atoms with Crippen LogP contribution in [0.5, 0.6) is 11.5 Å². The maximum absolute atomic E-state index is 12.3. The summed E-state index contributed by atoms with van der Waals surface area (Å²) in [6, 6.07) is 24.2. The van der Waals surface area contributed by atoms with Crippen molar-refractivity contribution in [2.24, 2.45) is 0 Å². The first-order valence-electron chi connectivity index (χ1n) is 11.5. The monoisotopic (exact) mass is 491 g/mol. The van der Waals surface area contributed by atoms with E-state index >= 15 is 0 Å². The fourth-order valence-corrected chi connectivity index (χ4v) is 3.28. The topological polar surface area (TPSA) is 88.7 Å². The Morgan fingerprint density at radius 2 is 1.40 bits per heavy atom. The number of ether oxygens (including phenoxy) is 2. The predicted molar refractivity (Wildman–Crippen MR) is 140 cm³/mol. The first-order valence-corrected chi connectivity index (χ1v) is 11.9. The molecule has 0 aliphatic rings. The van der Waals surface area contributed by atoms with E-state index in [9.17, 15) is 9.59 Å². The molecule has 7 nitrogen and oxygen atoms in total. The molecule has 0 saturated heterocycles. The smallest absolute Gasteiger partial charge is 0.276 e. The molecule has 3 aromatic rings. The number of carbonyl (C=O) groups is 2. The molecule has 182 valence electrons. The van der Waals surface area contributed by atoms with Crippen molar-refractivity contribution in [3.05, 3.63) is 84.4 Å². The van der Waals surface area contributed by atoms with Crippen LogP contribution >= 0.6 is 12.2 Å². The van der Waals surface area contributed by atoms with Gasteiger partial charge in [0.05, 0.1) is 6.61 Å². The van der Waals surface area contributed by atoms with Crippen LogP contribution in [-0.2, 0) is 4.79 Å². The molecule has 0 aliphatic heterocycles. The second-order valence-corrected chi connectivity index (χ2v) is 8.12. The summed E-state index contributed by atoms with van der Waals surface area (Å²) in [6.45, 7) is 2.57. The Morgan fingerprint density at radius 1 is 0.771 bits per heavy atom. The standard InChI is InChI=1S/C27H29N3O4S/c1-2-3-7-18-33-23-16-12-22(13-17-23)26(32)28-27(35)30-29-25(31)19-34-24-14-10-21(11-15-24)20-8-5-4-6-9-20/h4-6,8-17H,2-3,7,18-19H2,1H3,(H,29,31)(H2,28,30,32,35). The lowest BCUT2D eigenvalue weighted by Crippen LogP contribution is -2.49. The minimum absolute atomic E-state index is 0.0320. The number of benzene rings is 3. The van der Waals surface area contributed by atoms with Crippen LogP contribution in [0.1, 0.15) is 36.5 Å². The number of carbonyl (C=O) groups excluding carboxylic acids is 2. The van der Waals surface area contributed by atoms with Crippen LogP contribution in [0.4, 0.5) is 0 Å². The normalized spacial score (nSPS) is 10.2. The van der Waals surface area contributed by atoms with E-state index in [4.69, 9.17) is 21.7 Å². The van der Waals surface area contributed by atoms with Crippen LogP contribution in [0.25, 0.3) is 11.1 Å². The van der Waals surface area contributed by atoms with Crippen molar-refractivity contribution < 1.29 is 19.1 Å². The molecule has 35 heavy (non-hydrogen) atoms. The van der Waals surface area contributed by atoms with Gasteiger partial charge in [0.1, 0.15) is 11.5 Å². The molecule has 0 spiro atoms. The Balaban J connectivity index is 1.36. The van der Waals surface area contributed by atoms with Gasteiger partial charge in [-0.3, -0.25) is 25.8 Å². The number of thiocarbonyl (C=S) groups is 1. The van der Waals surface area contributed by atoms with Gasteiger partial charge in [-0.05, 0) is 66.2 Å². The largest absolute Gasteiger partial charge is 0.494 e. The van der Waals surface area contributed by atoms with Gasteiger partial charge < -0.3 is 9.47 Å². The minimum atomic E-state index is -0.446. The fraction of sp³-hybridized carbons (Fsp3) is 0.222. The quantitative estimate of drug-likeness (QED) is 0.218. The summed E-state index contributed by atoms with van der Waals surface area (Å²) < 4.78 is 11.1. The summed E-state index contributed by atoms with van der Waals surface area (Å²) in [6.07, 6.45) is 3.25. The number of hydrazine groups is 1. The highest BCUT2D eigenvalue weighted by atomic mass is 32.1. The first-order chi connectivity index (χ1) is 17.0. The van der Waals surface area contributed by atoms with Crippen LogP contribution in [0.2, 0.25) is 0 Å². The molecule has 3 aromatic carbocycles. The lowest BCUT2D eigenvalue weighted by Gasteiger charge is -2.12.